The zero-order valence-corrected chi connectivity index (χ0v) is 27.7. The molecule has 1 aliphatic heterocycles. The van der Waals surface area contributed by atoms with E-state index in [0.717, 1.165) is 44.9 Å². The van der Waals surface area contributed by atoms with Crippen molar-refractivity contribution in [1.29, 1.82) is 0 Å². The van der Waals surface area contributed by atoms with Crippen LogP contribution in [0.25, 0.3) is 0 Å². The minimum atomic E-state index is -0.504. The average Bonchev–Trinajstić information content (AvgIpc) is 3.06. The number of fused-ring (bicyclic) bond motifs is 1. The third-order valence-electron chi connectivity index (χ3n) is 8.98. The van der Waals surface area contributed by atoms with Crippen LogP contribution in [0.5, 0.6) is 5.75 Å². The summed E-state index contributed by atoms with van der Waals surface area (Å²) in [5, 5.41) is 16.2. The fraction of sp³-hybridized carbons (Fsp3) is 0.600. The summed E-state index contributed by atoms with van der Waals surface area (Å²) in [7, 11) is 1.75. The lowest BCUT2D eigenvalue weighted by Gasteiger charge is -2.36. The first kappa shape index (κ1) is 35.2. The van der Waals surface area contributed by atoms with Crippen LogP contribution in [0.4, 0.5) is 10.5 Å². The van der Waals surface area contributed by atoms with Crippen molar-refractivity contribution in [3.63, 3.8) is 0 Å². The summed E-state index contributed by atoms with van der Waals surface area (Å²) >= 11 is 0. The van der Waals surface area contributed by atoms with Crippen LogP contribution in [0.15, 0.2) is 42.7 Å². The molecule has 2 aliphatic rings. The van der Waals surface area contributed by atoms with E-state index >= 15 is 0 Å². The van der Waals surface area contributed by atoms with E-state index in [9.17, 15) is 19.5 Å². The second kappa shape index (κ2) is 17.3. The number of likely N-dealkylation sites (N-methyl/N-ethyl adjacent to an activating group) is 1. The molecule has 11 heteroatoms. The number of aromatic nitrogens is 1. The van der Waals surface area contributed by atoms with Crippen LogP contribution in [0.3, 0.4) is 0 Å². The summed E-state index contributed by atoms with van der Waals surface area (Å²) in [4.78, 5) is 47.6. The number of hydrogen-bond donors (Lipinski definition) is 3. The first-order chi connectivity index (χ1) is 22.2. The van der Waals surface area contributed by atoms with Gasteiger partial charge in [0.25, 0.3) is 11.8 Å². The molecular weight excluding hydrogens is 586 g/mol. The fourth-order valence-electron chi connectivity index (χ4n) is 6.13. The third-order valence-corrected chi connectivity index (χ3v) is 8.98. The van der Waals surface area contributed by atoms with Crippen molar-refractivity contribution in [1.82, 2.24) is 20.1 Å². The molecule has 4 atom stereocenters. The summed E-state index contributed by atoms with van der Waals surface area (Å²) in [5.74, 6) is -0.198. The number of ether oxygens (including phenoxy) is 2. The highest BCUT2D eigenvalue weighted by atomic mass is 16.5. The Balaban J connectivity index is 1.58. The van der Waals surface area contributed by atoms with Gasteiger partial charge >= 0.3 is 6.03 Å². The second-order valence-electron chi connectivity index (χ2n) is 12.9. The molecular formula is C35H51N5O6. The third kappa shape index (κ3) is 9.90. The van der Waals surface area contributed by atoms with Gasteiger partial charge in [0.05, 0.1) is 30.4 Å². The molecule has 1 saturated carbocycles. The Morgan fingerprint density at radius 2 is 1.78 bits per heavy atom. The van der Waals surface area contributed by atoms with Crippen molar-refractivity contribution in [3.05, 3.63) is 53.9 Å². The van der Waals surface area contributed by atoms with Crippen LogP contribution in [0.1, 0.15) is 92.9 Å². The molecule has 0 saturated heterocycles. The van der Waals surface area contributed by atoms with Gasteiger partial charge in [-0.1, -0.05) is 26.2 Å². The van der Waals surface area contributed by atoms with Gasteiger partial charge in [0.1, 0.15) is 5.75 Å². The molecule has 1 aromatic heterocycles. The van der Waals surface area contributed by atoms with E-state index in [1.165, 1.54) is 6.42 Å². The molecule has 2 aromatic rings. The normalized spacial score (nSPS) is 22.5. The first-order valence-electron chi connectivity index (χ1n) is 16.7. The van der Waals surface area contributed by atoms with Gasteiger partial charge in [0.2, 0.25) is 0 Å². The summed E-state index contributed by atoms with van der Waals surface area (Å²) in [6.45, 7) is 6.65. The highest BCUT2D eigenvalue weighted by Gasteiger charge is 2.31. The number of pyridine rings is 1. The number of nitrogens with zero attached hydrogens (tertiary/aromatic N) is 3. The SMILES string of the molecule is C[C@@H]1CCCCO[C@H](CN(C)C(=O)c2ccncc2)[C@H](C)CN([C@H](C)CO)C(=O)c2cc(NC(=O)NC3CCCCC3)ccc2O1. The van der Waals surface area contributed by atoms with Crippen LogP contribution >= 0.6 is 0 Å². The van der Waals surface area contributed by atoms with Crippen LogP contribution in [-0.2, 0) is 4.74 Å². The molecule has 2 heterocycles. The number of urea groups is 1. The molecule has 0 unspecified atom stereocenters. The summed E-state index contributed by atoms with van der Waals surface area (Å²) in [6.07, 6.45) is 10.4. The molecule has 0 radical (unpaired) electrons. The number of aliphatic hydroxyl groups is 1. The van der Waals surface area contributed by atoms with Crippen molar-refractivity contribution < 1.29 is 29.0 Å². The highest BCUT2D eigenvalue weighted by molar-refractivity contribution is 5.99. The molecule has 1 aliphatic carbocycles. The van der Waals surface area contributed by atoms with E-state index in [1.807, 2.05) is 13.8 Å². The summed E-state index contributed by atoms with van der Waals surface area (Å²) < 4.78 is 12.7. The van der Waals surface area contributed by atoms with E-state index in [4.69, 9.17) is 9.47 Å². The van der Waals surface area contributed by atoms with Gasteiger partial charge in [-0.25, -0.2) is 4.79 Å². The molecule has 252 valence electrons. The van der Waals surface area contributed by atoms with Gasteiger partial charge in [0, 0.05) is 62.3 Å². The van der Waals surface area contributed by atoms with Gasteiger partial charge in [-0.3, -0.25) is 14.6 Å². The maximum Gasteiger partial charge on any atom is 0.319 e. The van der Waals surface area contributed by atoms with Gasteiger partial charge in [-0.15, -0.1) is 0 Å². The molecule has 4 rings (SSSR count). The quantitative estimate of drug-likeness (QED) is 0.385. The van der Waals surface area contributed by atoms with Crippen molar-refractivity contribution in [2.45, 2.75) is 96.4 Å². The lowest BCUT2D eigenvalue weighted by molar-refractivity contribution is -0.0149. The number of rotatable bonds is 7. The minimum absolute atomic E-state index is 0.137. The van der Waals surface area contributed by atoms with E-state index in [2.05, 4.69) is 15.6 Å². The van der Waals surface area contributed by atoms with Crippen LogP contribution in [0.2, 0.25) is 0 Å². The molecule has 0 spiro atoms. The second-order valence-corrected chi connectivity index (χ2v) is 12.9. The van der Waals surface area contributed by atoms with Gasteiger partial charge < -0.3 is 35.0 Å². The lowest BCUT2D eigenvalue weighted by atomic mass is 9.96. The fourth-order valence-corrected chi connectivity index (χ4v) is 6.13. The molecule has 46 heavy (non-hydrogen) atoms. The Morgan fingerprint density at radius 3 is 2.50 bits per heavy atom. The summed E-state index contributed by atoms with van der Waals surface area (Å²) in [5.41, 5.74) is 1.34. The molecule has 0 bridgehead atoms. The topological polar surface area (TPSA) is 133 Å². The van der Waals surface area contributed by atoms with Crippen LogP contribution in [0, 0.1) is 5.92 Å². The van der Waals surface area contributed by atoms with Gasteiger partial charge in [-0.05, 0) is 76.3 Å². The van der Waals surface area contributed by atoms with E-state index in [-0.39, 0.29) is 55.2 Å². The number of nitrogens with one attached hydrogen (secondary N) is 2. The van der Waals surface area contributed by atoms with Crippen molar-refractivity contribution >= 4 is 23.5 Å². The minimum Gasteiger partial charge on any atom is -0.490 e. The number of carbonyl (C=O) groups excluding carboxylic acids is 3. The number of aliphatic hydroxyl groups excluding tert-OH is 1. The molecule has 1 aromatic carbocycles. The average molecular weight is 638 g/mol. The summed E-state index contributed by atoms with van der Waals surface area (Å²) in [6, 6.07) is 7.87. The van der Waals surface area contributed by atoms with Crippen molar-refractivity contribution in [2.75, 3.05) is 38.7 Å². The lowest BCUT2D eigenvalue weighted by Crippen LogP contribution is -2.48. The Hall–Kier alpha value is -3.70. The number of hydrogen-bond acceptors (Lipinski definition) is 7. The Morgan fingerprint density at radius 1 is 1.07 bits per heavy atom. The molecule has 1 fully saturated rings. The van der Waals surface area contributed by atoms with E-state index < -0.39 is 6.04 Å². The number of benzene rings is 1. The first-order valence-corrected chi connectivity index (χ1v) is 16.7. The zero-order valence-electron chi connectivity index (χ0n) is 27.7. The Labute approximate surface area is 273 Å². The predicted molar refractivity (Wildman–Crippen MR) is 177 cm³/mol. The Kier molecular flexibility index (Phi) is 13.2. The molecule has 4 amide bonds. The predicted octanol–water partition coefficient (Wildman–Crippen LogP) is 5.10. The van der Waals surface area contributed by atoms with Crippen molar-refractivity contribution in [3.8, 4) is 5.75 Å². The van der Waals surface area contributed by atoms with Gasteiger partial charge in [-0.2, -0.15) is 0 Å². The maximum absolute atomic E-state index is 14.3. The van der Waals surface area contributed by atoms with Crippen LogP contribution in [-0.4, -0.2) is 95.4 Å². The van der Waals surface area contributed by atoms with E-state index in [0.29, 0.717) is 35.7 Å². The molecule has 3 N–H and O–H groups in total. The number of anilines is 1. The number of amides is 4. The standard InChI is InChI=1S/C35H51N5O6/c1-24-21-40(25(2)23-41)34(43)30-20-29(38-35(44)37-28-11-6-5-7-12-28)13-14-31(30)46-26(3)10-8-9-19-45-32(24)22-39(4)33(42)27-15-17-36-18-16-27/h13-18,20,24-26,28,32,41H,5-12,19,21-23H2,1-4H3,(H2,37,38,44)/t24-,25-,26-,32-/m1/s1. The zero-order chi connectivity index (χ0) is 33.1. The molecule has 11 nitrogen and oxygen atoms in total. The van der Waals surface area contributed by atoms with Crippen LogP contribution < -0.4 is 15.4 Å². The number of carbonyl (C=O) groups is 3. The smallest absolute Gasteiger partial charge is 0.319 e. The van der Waals surface area contributed by atoms with Crippen molar-refractivity contribution in [2.24, 2.45) is 5.92 Å². The maximum atomic E-state index is 14.3. The van der Waals surface area contributed by atoms with E-state index in [1.54, 1.807) is 66.5 Å². The highest BCUT2D eigenvalue weighted by Crippen LogP contribution is 2.29. The largest absolute Gasteiger partial charge is 0.490 e. The Bertz CT molecular complexity index is 1290. The monoisotopic (exact) mass is 637 g/mol. The van der Waals surface area contributed by atoms with Gasteiger partial charge in [0.15, 0.2) is 0 Å².